The third kappa shape index (κ3) is 5.10. The van der Waals surface area contributed by atoms with Crippen molar-refractivity contribution in [3.8, 4) is 0 Å². The number of carboxylic acids is 1. The molecule has 0 atom stereocenters. The van der Waals surface area contributed by atoms with Crippen molar-refractivity contribution in [2.75, 3.05) is 17.7 Å². The van der Waals surface area contributed by atoms with Gasteiger partial charge in [0.1, 0.15) is 0 Å². The number of nitrogen functional groups attached to an aromatic ring is 1. The first-order chi connectivity index (χ1) is 9.97. The minimum atomic E-state index is -1.03. The monoisotopic (exact) mass is 292 g/mol. The topological polar surface area (TPSA) is 83.6 Å². The first-order valence-electron chi connectivity index (χ1n) is 7.36. The van der Waals surface area contributed by atoms with Gasteiger partial charge in [-0.2, -0.15) is 0 Å². The molecule has 1 aromatic carbocycles. The molecule has 5 heteroatoms. The Balaban J connectivity index is 2.59. The maximum atomic E-state index is 12.1. The zero-order valence-electron chi connectivity index (χ0n) is 12.8. The molecule has 0 fully saturated rings. The summed E-state index contributed by atoms with van der Waals surface area (Å²) in [4.78, 5) is 24.5. The predicted molar refractivity (Wildman–Crippen MR) is 84.6 cm³/mol. The van der Waals surface area contributed by atoms with Crippen LogP contribution in [0.4, 0.5) is 11.4 Å². The van der Waals surface area contributed by atoms with Gasteiger partial charge in [-0.15, -0.1) is 0 Å². The van der Waals surface area contributed by atoms with E-state index in [1.54, 1.807) is 13.1 Å². The standard InChI is InChI=1S/C16H24N2O3/c1-3-4-5-6-7-8-15(19)18(2)14-10-9-12(16(20)21)11-13(14)17/h9-11H,3-8,17H2,1-2H3,(H,20,21). The maximum absolute atomic E-state index is 12.1. The smallest absolute Gasteiger partial charge is 0.335 e. The Kier molecular flexibility index (Phi) is 6.72. The van der Waals surface area contributed by atoms with E-state index in [1.807, 2.05) is 0 Å². The van der Waals surface area contributed by atoms with Crippen molar-refractivity contribution in [2.45, 2.75) is 45.4 Å². The molecule has 1 aromatic rings. The average molecular weight is 292 g/mol. The molecule has 0 aromatic heterocycles. The second-order valence-electron chi connectivity index (χ2n) is 5.20. The fraction of sp³-hybridized carbons (Fsp3) is 0.500. The summed E-state index contributed by atoms with van der Waals surface area (Å²) >= 11 is 0. The normalized spacial score (nSPS) is 10.4. The van der Waals surface area contributed by atoms with Crippen LogP contribution in [0.1, 0.15) is 55.8 Å². The zero-order valence-corrected chi connectivity index (χ0v) is 12.8. The van der Waals surface area contributed by atoms with Gasteiger partial charge in [-0.3, -0.25) is 4.79 Å². The van der Waals surface area contributed by atoms with Gasteiger partial charge in [0.25, 0.3) is 0 Å². The SMILES string of the molecule is CCCCCCCC(=O)N(C)c1ccc(C(=O)O)cc1N. The molecule has 5 nitrogen and oxygen atoms in total. The Bertz CT molecular complexity index is 500. The molecule has 0 unspecified atom stereocenters. The number of unbranched alkanes of at least 4 members (excludes halogenated alkanes) is 4. The van der Waals surface area contributed by atoms with E-state index in [2.05, 4.69) is 6.92 Å². The highest BCUT2D eigenvalue weighted by Crippen LogP contribution is 2.24. The Morgan fingerprint density at radius 3 is 2.43 bits per heavy atom. The molecular weight excluding hydrogens is 268 g/mol. The third-order valence-corrected chi connectivity index (χ3v) is 3.50. The van der Waals surface area contributed by atoms with E-state index in [0.29, 0.717) is 17.8 Å². The van der Waals surface area contributed by atoms with Crippen LogP contribution in [0.3, 0.4) is 0 Å². The van der Waals surface area contributed by atoms with Crippen LogP contribution in [0, 0.1) is 0 Å². The largest absolute Gasteiger partial charge is 0.478 e. The van der Waals surface area contributed by atoms with Crippen molar-refractivity contribution >= 4 is 23.3 Å². The molecule has 0 aliphatic rings. The fourth-order valence-electron chi connectivity index (χ4n) is 2.17. The van der Waals surface area contributed by atoms with Crippen molar-refractivity contribution in [1.82, 2.24) is 0 Å². The number of hydrogen-bond acceptors (Lipinski definition) is 3. The molecular formula is C16H24N2O3. The second-order valence-corrected chi connectivity index (χ2v) is 5.20. The number of anilines is 2. The molecule has 21 heavy (non-hydrogen) atoms. The lowest BCUT2D eigenvalue weighted by atomic mass is 10.1. The number of benzene rings is 1. The van der Waals surface area contributed by atoms with Crippen LogP contribution in [0.15, 0.2) is 18.2 Å². The van der Waals surface area contributed by atoms with Gasteiger partial charge in [0.15, 0.2) is 0 Å². The van der Waals surface area contributed by atoms with Gasteiger partial charge in [0.2, 0.25) is 5.91 Å². The Morgan fingerprint density at radius 1 is 1.19 bits per heavy atom. The molecule has 0 saturated heterocycles. The molecule has 1 rings (SSSR count). The van der Waals surface area contributed by atoms with Crippen LogP contribution >= 0.6 is 0 Å². The summed E-state index contributed by atoms with van der Waals surface area (Å²) < 4.78 is 0. The lowest BCUT2D eigenvalue weighted by Gasteiger charge is -2.19. The summed E-state index contributed by atoms with van der Waals surface area (Å²) in [5.74, 6) is -1.03. The minimum Gasteiger partial charge on any atom is -0.478 e. The molecule has 0 saturated carbocycles. The van der Waals surface area contributed by atoms with Gasteiger partial charge in [-0.1, -0.05) is 32.6 Å². The Labute approximate surface area is 125 Å². The molecule has 0 bridgehead atoms. The lowest BCUT2D eigenvalue weighted by molar-refractivity contribution is -0.118. The third-order valence-electron chi connectivity index (χ3n) is 3.50. The summed E-state index contributed by atoms with van der Waals surface area (Å²) in [5.41, 5.74) is 6.81. The molecule has 0 aliphatic carbocycles. The van der Waals surface area contributed by atoms with Gasteiger partial charge in [-0.05, 0) is 24.6 Å². The molecule has 0 radical (unpaired) electrons. The van der Waals surface area contributed by atoms with E-state index in [0.717, 1.165) is 19.3 Å². The predicted octanol–water partition coefficient (Wildman–Crippen LogP) is 3.29. The van der Waals surface area contributed by atoms with Gasteiger partial charge in [-0.25, -0.2) is 4.79 Å². The van der Waals surface area contributed by atoms with Crippen LogP contribution < -0.4 is 10.6 Å². The fourth-order valence-corrected chi connectivity index (χ4v) is 2.17. The van der Waals surface area contributed by atoms with Crippen LogP contribution in [-0.4, -0.2) is 24.0 Å². The Hall–Kier alpha value is -2.04. The van der Waals surface area contributed by atoms with Crippen molar-refractivity contribution in [3.05, 3.63) is 23.8 Å². The maximum Gasteiger partial charge on any atom is 0.335 e. The van der Waals surface area contributed by atoms with Crippen LogP contribution in [-0.2, 0) is 4.79 Å². The van der Waals surface area contributed by atoms with E-state index < -0.39 is 5.97 Å². The van der Waals surface area contributed by atoms with Crippen molar-refractivity contribution < 1.29 is 14.7 Å². The number of carbonyl (C=O) groups is 2. The highest BCUT2D eigenvalue weighted by atomic mass is 16.4. The summed E-state index contributed by atoms with van der Waals surface area (Å²) in [5, 5.41) is 8.90. The number of nitrogens with two attached hydrogens (primary N) is 1. The number of nitrogens with zero attached hydrogens (tertiary/aromatic N) is 1. The van der Waals surface area contributed by atoms with Gasteiger partial charge < -0.3 is 15.7 Å². The molecule has 1 amide bonds. The number of carboxylic acid groups (broad SMARTS) is 1. The van der Waals surface area contributed by atoms with Gasteiger partial charge in [0, 0.05) is 13.5 Å². The summed E-state index contributed by atoms with van der Waals surface area (Å²) in [6.07, 6.45) is 5.95. The van der Waals surface area contributed by atoms with E-state index in [-0.39, 0.29) is 11.5 Å². The number of carbonyl (C=O) groups excluding carboxylic acids is 1. The van der Waals surface area contributed by atoms with Gasteiger partial charge >= 0.3 is 5.97 Å². The van der Waals surface area contributed by atoms with Crippen molar-refractivity contribution in [3.63, 3.8) is 0 Å². The summed E-state index contributed by atoms with van der Waals surface area (Å²) in [7, 11) is 1.67. The quantitative estimate of drug-likeness (QED) is 0.569. The highest BCUT2D eigenvalue weighted by molar-refractivity contribution is 5.97. The van der Waals surface area contributed by atoms with Crippen LogP contribution in [0.2, 0.25) is 0 Å². The molecule has 3 N–H and O–H groups in total. The first kappa shape index (κ1) is 17.0. The van der Waals surface area contributed by atoms with Crippen molar-refractivity contribution in [1.29, 1.82) is 0 Å². The minimum absolute atomic E-state index is 0.00118. The van der Waals surface area contributed by atoms with E-state index in [4.69, 9.17) is 10.8 Å². The van der Waals surface area contributed by atoms with E-state index >= 15 is 0 Å². The number of rotatable bonds is 8. The second kappa shape index (κ2) is 8.29. The lowest BCUT2D eigenvalue weighted by Crippen LogP contribution is -2.26. The number of amides is 1. The van der Waals surface area contributed by atoms with E-state index in [9.17, 15) is 9.59 Å². The van der Waals surface area contributed by atoms with Gasteiger partial charge in [0.05, 0.1) is 16.9 Å². The molecule has 0 heterocycles. The van der Waals surface area contributed by atoms with E-state index in [1.165, 1.54) is 29.9 Å². The Morgan fingerprint density at radius 2 is 1.86 bits per heavy atom. The average Bonchev–Trinajstić information content (AvgIpc) is 2.45. The number of aromatic carboxylic acids is 1. The van der Waals surface area contributed by atoms with Crippen molar-refractivity contribution in [2.24, 2.45) is 0 Å². The summed E-state index contributed by atoms with van der Waals surface area (Å²) in [6.45, 7) is 2.16. The molecule has 116 valence electrons. The number of hydrogen-bond donors (Lipinski definition) is 2. The highest BCUT2D eigenvalue weighted by Gasteiger charge is 2.14. The molecule has 0 spiro atoms. The summed E-state index contributed by atoms with van der Waals surface area (Å²) in [6, 6.07) is 4.41. The molecule has 0 aliphatic heterocycles. The van der Waals surface area contributed by atoms with Crippen LogP contribution in [0.5, 0.6) is 0 Å². The zero-order chi connectivity index (χ0) is 15.8. The first-order valence-corrected chi connectivity index (χ1v) is 7.36. The van der Waals surface area contributed by atoms with Crippen LogP contribution in [0.25, 0.3) is 0 Å².